The number of anilines is 1. The third kappa shape index (κ3) is 4.44. The maximum Gasteiger partial charge on any atom is 0.307 e. The summed E-state index contributed by atoms with van der Waals surface area (Å²) in [5.41, 5.74) is 1.07. The maximum absolute atomic E-state index is 12.4. The Kier molecular flexibility index (Phi) is 6.12. The van der Waals surface area contributed by atoms with E-state index in [0.29, 0.717) is 30.6 Å². The van der Waals surface area contributed by atoms with E-state index in [-0.39, 0.29) is 11.8 Å². The summed E-state index contributed by atoms with van der Waals surface area (Å²) >= 11 is 0. The van der Waals surface area contributed by atoms with Crippen molar-refractivity contribution in [2.24, 2.45) is 11.8 Å². The van der Waals surface area contributed by atoms with Crippen molar-refractivity contribution in [3.05, 3.63) is 42.0 Å². The van der Waals surface area contributed by atoms with E-state index in [4.69, 9.17) is 0 Å². The molecule has 1 aliphatic carbocycles. The van der Waals surface area contributed by atoms with Gasteiger partial charge in [0.2, 0.25) is 5.91 Å². The molecule has 0 saturated heterocycles. The van der Waals surface area contributed by atoms with Crippen LogP contribution < -0.4 is 10.6 Å². The van der Waals surface area contributed by atoms with Gasteiger partial charge in [-0.1, -0.05) is 19.1 Å². The summed E-state index contributed by atoms with van der Waals surface area (Å²) in [5, 5.41) is 14.8. The molecule has 2 amide bonds. The highest BCUT2D eigenvalue weighted by Gasteiger charge is 2.33. The van der Waals surface area contributed by atoms with Crippen molar-refractivity contribution in [3.63, 3.8) is 0 Å². The van der Waals surface area contributed by atoms with E-state index in [1.165, 1.54) is 0 Å². The highest BCUT2D eigenvalue weighted by molar-refractivity contribution is 5.97. The standard InChI is InChI=1S/C18H22N2O4/c1-2-11-19-16(21)12-7-9-13(10-8-12)20-17(22)14-5-3-4-6-15(14)18(23)24/h3-4,7-10,14-15H,2,5-6,11H2,1H3,(H,19,21)(H,20,22)(H,23,24)/t14-,15-/m0/s1. The lowest BCUT2D eigenvalue weighted by Gasteiger charge is -2.24. The number of carbonyl (C=O) groups excluding carboxylic acids is 2. The van der Waals surface area contributed by atoms with Crippen molar-refractivity contribution in [1.82, 2.24) is 5.32 Å². The number of nitrogens with one attached hydrogen (secondary N) is 2. The van der Waals surface area contributed by atoms with Crippen molar-refractivity contribution >= 4 is 23.5 Å². The van der Waals surface area contributed by atoms with Crippen LogP contribution in [0.4, 0.5) is 5.69 Å². The minimum atomic E-state index is -0.956. The number of carboxylic acid groups (broad SMARTS) is 1. The molecular weight excluding hydrogens is 308 g/mol. The van der Waals surface area contributed by atoms with Crippen molar-refractivity contribution in [1.29, 1.82) is 0 Å². The maximum atomic E-state index is 12.4. The summed E-state index contributed by atoms with van der Waals surface area (Å²) < 4.78 is 0. The number of hydrogen-bond acceptors (Lipinski definition) is 3. The van der Waals surface area contributed by atoms with Crippen LogP contribution >= 0.6 is 0 Å². The van der Waals surface area contributed by atoms with E-state index < -0.39 is 17.8 Å². The highest BCUT2D eigenvalue weighted by Crippen LogP contribution is 2.27. The van der Waals surface area contributed by atoms with Crippen molar-refractivity contribution in [3.8, 4) is 0 Å². The molecule has 2 atom stereocenters. The second kappa shape index (κ2) is 8.29. The quantitative estimate of drug-likeness (QED) is 0.698. The molecule has 6 nitrogen and oxygen atoms in total. The molecule has 128 valence electrons. The van der Waals surface area contributed by atoms with E-state index >= 15 is 0 Å². The van der Waals surface area contributed by atoms with Crippen LogP contribution in [0.1, 0.15) is 36.5 Å². The van der Waals surface area contributed by atoms with Crippen LogP contribution in [0.2, 0.25) is 0 Å². The summed E-state index contributed by atoms with van der Waals surface area (Å²) in [7, 11) is 0. The minimum absolute atomic E-state index is 0.155. The van der Waals surface area contributed by atoms with Gasteiger partial charge >= 0.3 is 5.97 Å². The van der Waals surface area contributed by atoms with Gasteiger partial charge in [0, 0.05) is 17.8 Å². The van der Waals surface area contributed by atoms with Gasteiger partial charge in [0.25, 0.3) is 5.91 Å². The lowest BCUT2D eigenvalue weighted by molar-refractivity contribution is -0.146. The van der Waals surface area contributed by atoms with Crippen LogP contribution in [0.25, 0.3) is 0 Å². The van der Waals surface area contributed by atoms with Crippen molar-refractivity contribution in [2.75, 3.05) is 11.9 Å². The van der Waals surface area contributed by atoms with Crippen molar-refractivity contribution < 1.29 is 19.5 Å². The highest BCUT2D eigenvalue weighted by atomic mass is 16.4. The monoisotopic (exact) mass is 330 g/mol. The second-order valence-electron chi connectivity index (χ2n) is 5.82. The topological polar surface area (TPSA) is 95.5 Å². The van der Waals surface area contributed by atoms with E-state index in [2.05, 4.69) is 10.6 Å². The summed E-state index contributed by atoms with van der Waals surface area (Å²) in [6.07, 6.45) is 5.28. The van der Waals surface area contributed by atoms with E-state index in [0.717, 1.165) is 6.42 Å². The Hall–Kier alpha value is -2.63. The van der Waals surface area contributed by atoms with Gasteiger partial charge in [-0.3, -0.25) is 14.4 Å². The van der Waals surface area contributed by atoms with Gasteiger partial charge in [0.05, 0.1) is 11.8 Å². The lowest BCUT2D eigenvalue weighted by Crippen LogP contribution is -2.34. The normalized spacial score (nSPS) is 19.5. The first kappa shape index (κ1) is 17.7. The zero-order valence-electron chi connectivity index (χ0n) is 13.6. The smallest absolute Gasteiger partial charge is 0.307 e. The van der Waals surface area contributed by atoms with Gasteiger partial charge < -0.3 is 15.7 Å². The first-order chi connectivity index (χ1) is 11.5. The molecule has 24 heavy (non-hydrogen) atoms. The van der Waals surface area contributed by atoms with Gasteiger partial charge in [-0.25, -0.2) is 0 Å². The van der Waals surface area contributed by atoms with E-state index in [9.17, 15) is 19.5 Å². The molecule has 1 aromatic carbocycles. The number of aliphatic carboxylic acids is 1. The third-order valence-electron chi connectivity index (χ3n) is 4.04. The average molecular weight is 330 g/mol. The Labute approximate surface area is 140 Å². The number of carboxylic acids is 1. The number of hydrogen-bond donors (Lipinski definition) is 3. The fraction of sp³-hybridized carbons (Fsp3) is 0.389. The summed E-state index contributed by atoms with van der Waals surface area (Å²) in [6.45, 7) is 2.59. The number of allylic oxidation sites excluding steroid dienone is 2. The van der Waals surface area contributed by atoms with Crippen LogP contribution in [-0.2, 0) is 9.59 Å². The van der Waals surface area contributed by atoms with Crippen LogP contribution in [0.15, 0.2) is 36.4 Å². The largest absolute Gasteiger partial charge is 0.481 e. The van der Waals surface area contributed by atoms with E-state index in [1.807, 2.05) is 13.0 Å². The van der Waals surface area contributed by atoms with Gasteiger partial charge in [0.15, 0.2) is 0 Å². The minimum Gasteiger partial charge on any atom is -0.481 e. The summed E-state index contributed by atoms with van der Waals surface area (Å²) in [5.74, 6) is -2.70. The molecule has 0 fully saturated rings. The molecule has 1 aliphatic rings. The molecule has 0 aromatic heterocycles. The zero-order chi connectivity index (χ0) is 17.5. The first-order valence-corrected chi connectivity index (χ1v) is 8.10. The molecule has 0 aliphatic heterocycles. The molecule has 0 spiro atoms. The second-order valence-corrected chi connectivity index (χ2v) is 5.82. The molecule has 0 heterocycles. The molecule has 1 aromatic rings. The van der Waals surface area contributed by atoms with Crippen LogP contribution in [0.5, 0.6) is 0 Å². The number of amides is 2. The van der Waals surface area contributed by atoms with E-state index in [1.54, 1.807) is 30.3 Å². The number of carbonyl (C=O) groups is 3. The van der Waals surface area contributed by atoms with Crippen LogP contribution in [-0.4, -0.2) is 29.4 Å². The van der Waals surface area contributed by atoms with Gasteiger partial charge in [-0.15, -0.1) is 0 Å². The van der Waals surface area contributed by atoms with Gasteiger partial charge in [0.1, 0.15) is 0 Å². The molecule has 6 heteroatoms. The Bertz CT molecular complexity index is 637. The Balaban J connectivity index is 2.00. The molecule has 0 bridgehead atoms. The van der Waals surface area contributed by atoms with Gasteiger partial charge in [-0.05, 0) is 43.5 Å². The molecule has 0 saturated carbocycles. The Morgan fingerprint density at radius 2 is 1.71 bits per heavy atom. The predicted octanol–water partition coefficient (Wildman–Crippen LogP) is 2.43. The number of rotatable bonds is 6. The SMILES string of the molecule is CCCNC(=O)c1ccc(NC(=O)[C@H]2CC=CC[C@@H]2C(=O)O)cc1. The predicted molar refractivity (Wildman–Crippen MR) is 90.7 cm³/mol. The third-order valence-corrected chi connectivity index (χ3v) is 4.04. The Morgan fingerprint density at radius 3 is 2.29 bits per heavy atom. The summed E-state index contributed by atoms with van der Waals surface area (Å²) in [4.78, 5) is 35.5. The molecule has 0 unspecified atom stereocenters. The molecule has 0 radical (unpaired) electrons. The summed E-state index contributed by atoms with van der Waals surface area (Å²) in [6, 6.07) is 6.56. The zero-order valence-corrected chi connectivity index (χ0v) is 13.6. The van der Waals surface area contributed by atoms with Crippen molar-refractivity contribution in [2.45, 2.75) is 26.2 Å². The molecule has 2 rings (SSSR count). The molecular formula is C18H22N2O4. The van der Waals surface area contributed by atoms with Gasteiger partial charge in [-0.2, -0.15) is 0 Å². The first-order valence-electron chi connectivity index (χ1n) is 8.10. The average Bonchev–Trinajstić information content (AvgIpc) is 2.60. The molecule has 3 N–H and O–H groups in total. The lowest BCUT2D eigenvalue weighted by atomic mass is 9.82. The fourth-order valence-electron chi connectivity index (χ4n) is 2.66. The fourth-order valence-corrected chi connectivity index (χ4v) is 2.66. The van der Waals surface area contributed by atoms with Crippen LogP contribution in [0.3, 0.4) is 0 Å². The number of benzene rings is 1. The Morgan fingerprint density at radius 1 is 1.08 bits per heavy atom. The van der Waals surface area contributed by atoms with Crippen LogP contribution in [0, 0.1) is 11.8 Å².